The van der Waals surface area contributed by atoms with E-state index in [1.54, 1.807) is 12.3 Å². The number of hydrazone groups is 1. The van der Waals surface area contributed by atoms with Gasteiger partial charge in [0, 0.05) is 24.8 Å². The van der Waals surface area contributed by atoms with Gasteiger partial charge in [-0.2, -0.15) is 5.10 Å². The van der Waals surface area contributed by atoms with Gasteiger partial charge in [-0.3, -0.25) is 5.01 Å². The predicted molar refractivity (Wildman–Crippen MR) is 92.1 cm³/mol. The lowest BCUT2D eigenvalue weighted by Gasteiger charge is -2.33. The summed E-state index contributed by atoms with van der Waals surface area (Å²) < 4.78 is 0. The second-order valence-electron chi connectivity index (χ2n) is 5.02. The molecule has 0 saturated carbocycles. The molecule has 2 aromatic rings. The smallest absolute Gasteiger partial charge is 0.128 e. The Labute approximate surface area is 140 Å². The molecule has 0 aliphatic carbocycles. The highest BCUT2D eigenvalue weighted by Gasteiger charge is 2.16. The number of hydrogen-bond donors (Lipinski definition) is 0. The quantitative estimate of drug-likeness (QED) is 0.804. The Hall–Kier alpha value is -1.78. The topological polar surface area (TPSA) is 31.7 Å². The summed E-state index contributed by atoms with van der Waals surface area (Å²) >= 11 is 12.2. The van der Waals surface area contributed by atoms with Gasteiger partial charge in [-0.1, -0.05) is 41.4 Å². The lowest BCUT2D eigenvalue weighted by atomic mass is 10.2. The second-order valence-corrected chi connectivity index (χ2v) is 5.80. The summed E-state index contributed by atoms with van der Waals surface area (Å²) in [6.45, 7) is 3.51. The van der Waals surface area contributed by atoms with Crippen LogP contribution in [0.25, 0.3) is 0 Å². The van der Waals surface area contributed by atoms with E-state index in [0.29, 0.717) is 10.0 Å². The molecule has 1 aromatic heterocycles. The van der Waals surface area contributed by atoms with Crippen LogP contribution in [0, 0.1) is 0 Å². The molecule has 1 fully saturated rings. The van der Waals surface area contributed by atoms with E-state index >= 15 is 0 Å². The van der Waals surface area contributed by atoms with Crippen molar-refractivity contribution >= 4 is 35.2 Å². The van der Waals surface area contributed by atoms with Gasteiger partial charge in [0.05, 0.1) is 29.3 Å². The highest BCUT2D eigenvalue weighted by Crippen LogP contribution is 2.24. The maximum Gasteiger partial charge on any atom is 0.128 e. The summed E-state index contributed by atoms with van der Waals surface area (Å²) in [5.41, 5.74) is 0.835. The minimum Gasteiger partial charge on any atom is -0.353 e. The molecule has 1 aliphatic heterocycles. The van der Waals surface area contributed by atoms with Crippen LogP contribution < -0.4 is 4.90 Å². The number of aromatic nitrogens is 1. The van der Waals surface area contributed by atoms with Crippen LogP contribution in [-0.2, 0) is 0 Å². The molecule has 0 amide bonds. The van der Waals surface area contributed by atoms with Crippen molar-refractivity contribution in [1.29, 1.82) is 0 Å². The SMILES string of the molecule is Clc1cccc(/C=N\N2CCN(c3ccccn3)CC2)c1Cl. The minimum absolute atomic E-state index is 0.542. The molecule has 0 bridgehead atoms. The maximum absolute atomic E-state index is 6.16. The average molecular weight is 335 g/mol. The highest BCUT2D eigenvalue weighted by atomic mass is 35.5. The van der Waals surface area contributed by atoms with Crippen LogP contribution in [0.2, 0.25) is 10.0 Å². The molecule has 0 unspecified atom stereocenters. The number of piperazine rings is 1. The van der Waals surface area contributed by atoms with E-state index in [2.05, 4.69) is 15.0 Å². The fourth-order valence-electron chi connectivity index (χ4n) is 2.35. The number of hydrogen-bond acceptors (Lipinski definition) is 4. The molecule has 22 heavy (non-hydrogen) atoms. The van der Waals surface area contributed by atoms with Gasteiger partial charge in [0.2, 0.25) is 0 Å². The van der Waals surface area contributed by atoms with E-state index in [1.165, 1.54) is 0 Å². The third-order valence-corrected chi connectivity index (χ3v) is 4.40. The summed E-state index contributed by atoms with van der Waals surface area (Å²) in [7, 11) is 0. The summed E-state index contributed by atoms with van der Waals surface area (Å²) in [5.74, 6) is 1.02. The Bertz CT molecular complexity index is 652. The van der Waals surface area contributed by atoms with Crippen molar-refractivity contribution in [1.82, 2.24) is 9.99 Å². The molecule has 114 valence electrons. The normalized spacial score (nSPS) is 15.5. The van der Waals surface area contributed by atoms with Gasteiger partial charge >= 0.3 is 0 Å². The zero-order valence-electron chi connectivity index (χ0n) is 12.0. The van der Waals surface area contributed by atoms with Crippen molar-refractivity contribution in [2.24, 2.45) is 5.10 Å². The number of nitrogens with zero attached hydrogens (tertiary/aromatic N) is 4. The third kappa shape index (κ3) is 3.51. The summed E-state index contributed by atoms with van der Waals surface area (Å²) in [5, 5.41) is 7.63. The first-order chi connectivity index (χ1) is 10.7. The van der Waals surface area contributed by atoms with Crippen LogP contribution in [0.4, 0.5) is 5.82 Å². The van der Waals surface area contributed by atoms with Crippen LogP contribution in [0.5, 0.6) is 0 Å². The van der Waals surface area contributed by atoms with Crippen LogP contribution in [0.3, 0.4) is 0 Å². The van der Waals surface area contributed by atoms with Crippen LogP contribution >= 0.6 is 23.2 Å². The first-order valence-electron chi connectivity index (χ1n) is 7.13. The molecule has 2 heterocycles. The van der Waals surface area contributed by atoms with Gasteiger partial charge in [-0.15, -0.1) is 0 Å². The Balaban J connectivity index is 1.60. The van der Waals surface area contributed by atoms with Crippen molar-refractivity contribution in [2.45, 2.75) is 0 Å². The van der Waals surface area contributed by atoms with Gasteiger partial charge in [-0.05, 0) is 18.2 Å². The number of pyridine rings is 1. The number of halogens is 2. The monoisotopic (exact) mass is 334 g/mol. The number of benzene rings is 1. The van der Waals surface area contributed by atoms with E-state index < -0.39 is 0 Å². The molecule has 1 aliphatic rings. The first-order valence-corrected chi connectivity index (χ1v) is 7.88. The van der Waals surface area contributed by atoms with Gasteiger partial charge < -0.3 is 4.90 Å². The third-order valence-electron chi connectivity index (χ3n) is 3.57. The molecular formula is C16H16Cl2N4. The molecule has 3 rings (SSSR count). The lowest BCUT2D eigenvalue weighted by Crippen LogP contribution is -2.44. The van der Waals surface area contributed by atoms with Crippen molar-refractivity contribution in [3.05, 3.63) is 58.2 Å². The van der Waals surface area contributed by atoms with Crippen molar-refractivity contribution < 1.29 is 0 Å². The molecule has 4 nitrogen and oxygen atoms in total. The van der Waals surface area contributed by atoms with Crippen LogP contribution in [-0.4, -0.2) is 42.4 Å². The molecule has 0 spiro atoms. The zero-order chi connectivity index (χ0) is 15.4. The maximum atomic E-state index is 6.16. The first kappa shape index (κ1) is 15.1. The number of anilines is 1. The fraction of sp³-hybridized carbons (Fsp3) is 0.250. The van der Waals surface area contributed by atoms with Gasteiger partial charge in [-0.25, -0.2) is 4.98 Å². The summed E-state index contributed by atoms with van der Waals surface area (Å²) in [6, 6.07) is 11.5. The largest absolute Gasteiger partial charge is 0.353 e. The van der Waals surface area contributed by atoms with Crippen LogP contribution in [0.15, 0.2) is 47.7 Å². The van der Waals surface area contributed by atoms with Crippen molar-refractivity contribution in [3.8, 4) is 0 Å². The lowest BCUT2D eigenvalue weighted by molar-refractivity contribution is 0.271. The molecule has 1 aromatic carbocycles. The minimum atomic E-state index is 0.542. The standard InChI is InChI=1S/C16H16Cl2N4/c17-14-5-3-4-13(16(14)18)12-20-22-10-8-21(9-11-22)15-6-1-2-7-19-15/h1-7,12H,8-11H2/b20-12-. The van der Waals surface area contributed by atoms with E-state index in [9.17, 15) is 0 Å². The fourth-order valence-corrected chi connectivity index (χ4v) is 2.70. The summed E-state index contributed by atoms with van der Waals surface area (Å²) in [6.07, 6.45) is 3.59. The van der Waals surface area contributed by atoms with E-state index in [4.69, 9.17) is 23.2 Å². The van der Waals surface area contributed by atoms with E-state index in [1.807, 2.05) is 41.5 Å². The second kappa shape index (κ2) is 6.99. The van der Waals surface area contributed by atoms with Gasteiger partial charge in [0.1, 0.15) is 5.82 Å². The molecule has 1 saturated heterocycles. The zero-order valence-corrected chi connectivity index (χ0v) is 13.5. The van der Waals surface area contributed by atoms with Gasteiger partial charge in [0.25, 0.3) is 0 Å². The Morgan fingerprint density at radius 2 is 1.82 bits per heavy atom. The highest BCUT2D eigenvalue weighted by molar-refractivity contribution is 6.43. The summed E-state index contributed by atoms with van der Waals surface area (Å²) in [4.78, 5) is 6.64. The average Bonchev–Trinajstić information content (AvgIpc) is 2.57. The van der Waals surface area contributed by atoms with E-state index in [-0.39, 0.29) is 0 Å². The molecule has 6 heteroatoms. The van der Waals surface area contributed by atoms with Crippen LogP contribution in [0.1, 0.15) is 5.56 Å². The molecule has 0 N–H and O–H groups in total. The Morgan fingerprint density at radius 1 is 1.00 bits per heavy atom. The van der Waals surface area contributed by atoms with E-state index in [0.717, 1.165) is 37.6 Å². The Kier molecular flexibility index (Phi) is 4.80. The number of rotatable bonds is 3. The van der Waals surface area contributed by atoms with Gasteiger partial charge in [0.15, 0.2) is 0 Å². The molecule has 0 atom stereocenters. The van der Waals surface area contributed by atoms with Crippen molar-refractivity contribution in [3.63, 3.8) is 0 Å². The molecular weight excluding hydrogens is 319 g/mol. The Morgan fingerprint density at radius 3 is 2.55 bits per heavy atom. The van der Waals surface area contributed by atoms with Crippen molar-refractivity contribution in [2.75, 3.05) is 31.1 Å². The predicted octanol–water partition coefficient (Wildman–Crippen LogP) is 3.54. The molecule has 0 radical (unpaired) electrons.